The van der Waals surface area contributed by atoms with Gasteiger partial charge >= 0.3 is 5.97 Å². The average Bonchev–Trinajstić information content (AvgIpc) is 2.51. The molecule has 126 valence electrons. The highest BCUT2D eigenvalue weighted by atomic mass is 19.1. The number of rotatable bonds is 3. The molecular weight excluding hydrogens is 322 g/mol. The summed E-state index contributed by atoms with van der Waals surface area (Å²) in [5.41, 5.74) is 4.33. The highest BCUT2D eigenvalue weighted by Crippen LogP contribution is 2.42. The van der Waals surface area contributed by atoms with Gasteiger partial charge in [0.05, 0.1) is 18.1 Å². The molecule has 6 nitrogen and oxygen atoms in total. The summed E-state index contributed by atoms with van der Waals surface area (Å²) in [5, 5.41) is 18.8. The Morgan fingerprint density at radius 3 is 2.75 bits per heavy atom. The van der Waals surface area contributed by atoms with E-state index in [9.17, 15) is 23.9 Å². The van der Waals surface area contributed by atoms with Crippen LogP contribution in [0.15, 0.2) is 34.9 Å². The van der Waals surface area contributed by atoms with E-state index in [1.807, 2.05) is 0 Å². The van der Waals surface area contributed by atoms with E-state index in [4.69, 9.17) is 15.2 Å². The van der Waals surface area contributed by atoms with Gasteiger partial charge in [0, 0.05) is 5.56 Å². The van der Waals surface area contributed by atoms with Gasteiger partial charge in [0.25, 0.3) is 0 Å². The van der Waals surface area contributed by atoms with Crippen molar-refractivity contribution in [2.45, 2.75) is 19.8 Å². The molecule has 0 saturated carbocycles. The molecule has 1 atom stereocenters. The van der Waals surface area contributed by atoms with Gasteiger partial charge in [-0.15, -0.1) is 0 Å². The van der Waals surface area contributed by atoms with Crippen LogP contribution in [0.25, 0.3) is 0 Å². The van der Waals surface area contributed by atoms with Crippen LogP contribution in [0.4, 0.5) is 8.78 Å². The topological polar surface area (TPSA) is 106 Å². The molecule has 1 aromatic rings. The Labute approximate surface area is 136 Å². The van der Waals surface area contributed by atoms with E-state index in [0.29, 0.717) is 0 Å². The molecule has 1 heterocycles. The lowest BCUT2D eigenvalue weighted by atomic mass is 9.82. The number of phenols is 1. The minimum absolute atomic E-state index is 0.00835. The molecule has 0 spiro atoms. The van der Waals surface area contributed by atoms with E-state index in [1.54, 1.807) is 13.0 Å². The van der Waals surface area contributed by atoms with Crippen LogP contribution >= 0.6 is 0 Å². The van der Waals surface area contributed by atoms with E-state index in [-0.39, 0.29) is 29.4 Å². The Hall–Kier alpha value is -3.08. The van der Waals surface area contributed by atoms with Crippen molar-refractivity contribution in [2.75, 3.05) is 6.61 Å². The summed E-state index contributed by atoms with van der Waals surface area (Å²) < 4.78 is 38.6. The van der Waals surface area contributed by atoms with Crippen LogP contribution in [-0.4, -0.2) is 17.7 Å². The summed E-state index contributed by atoms with van der Waals surface area (Å²) in [7, 11) is 0. The smallest absolute Gasteiger partial charge is 0.338 e. The van der Waals surface area contributed by atoms with Crippen molar-refractivity contribution in [2.24, 2.45) is 5.73 Å². The first-order chi connectivity index (χ1) is 11.3. The Morgan fingerprint density at radius 2 is 2.17 bits per heavy atom. The molecule has 3 N–H and O–H groups in total. The second-order valence-electron chi connectivity index (χ2n) is 4.91. The number of benzene rings is 1. The largest absolute Gasteiger partial charge is 0.505 e. The lowest BCUT2D eigenvalue weighted by Crippen LogP contribution is -2.26. The molecule has 1 aromatic carbocycles. The zero-order valence-electron chi connectivity index (χ0n) is 12.9. The SMILES string of the molecule is CCOC(=O)C1=C(C)OC(N)=C(C#N)C1c1c(F)ccc(O)c1F. The zero-order valence-corrected chi connectivity index (χ0v) is 12.9. The van der Waals surface area contributed by atoms with E-state index >= 15 is 0 Å². The minimum Gasteiger partial charge on any atom is -0.505 e. The van der Waals surface area contributed by atoms with Crippen LogP contribution in [-0.2, 0) is 14.3 Å². The van der Waals surface area contributed by atoms with Crippen molar-refractivity contribution in [3.63, 3.8) is 0 Å². The first-order valence-corrected chi connectivity index (χ1v) is 6.95. The third-order valence-corrected chi connectivity index (χ3v) is 3.50. The first kappa shape index (κ1) is 17.3. The van der Waals surface area contributed by atoms with Gasteiger partial charge in [0.15, 0.2) is 11.6 Å². The van der Waals surface area contributed by atoms with Gasteiger partial charge in [-0.25, -0.2) is 13.6 Å². The number of aromatic hydroxyl groups is 1. The third-order valence-electron chi connectivity index (χ3n) is 3.50. The minimum atomic E-state index is -1.49. The molecule has 0 saturated heterocycles. The number of carbonyl (C=O) groups is 1. The number of hydrogen-bond acceptors (Lipinski definition) is 6. The molecule has 8 heteroatoms. The first-order valence-electron chi connectivity index (χ1n) is 6.95. The number of halogens is 2. The highest BCUT2D eigenvalue weighted by Gasteiger charge is 2.39. The fourth-order valence-electron chi connectivity index (χ4n) is 2.47. The second kappa shape index (κ2) is 6.58. The van der Waals surface area contributed by atoms with E-state index in [2.05, 4.69) is 0 Å². The van der Waals surface area contributed by atoms with Crippen LogP contribution < -0.4 is 5.73 Å². The summed E-state index contributed by atoms with van der Waals surface area (Å²) in [5.74, 6) is -5.98. The van der Waals surface area contributed by atoms with E-state index in [0.717, 1.165) is 12.1 Å². The monoisotopic (exact) mass is 336 g/mol. The molecule has 0 amide bonds. The zero-order chi connectivity index (χ0) is 18.0. The van der Waals surface area contributed by atoms with Crippen LogP contribution in [0.2, 0.25) is 0 Å². The molecule has 0 bridgehead atoms. The number of nitrogens with two attached hydrogens (primary N) is 1. The fourth-order valence-corrected chi connectivity index (χ4v) is 2.47. The standard InChI is InChI=1S/C16H14F2N2O4/c1-3-23-16(22)11-7(2)24-15(20)8(6-19)12(11)13-9(17)4-5-10(21)14(13)18/h4-5,12,21H,3,20H2,1-2H3. The van der Waals surface area contributed by atoms with E-state index < -0.39 is 34.8 Å². The maximum atomic E-state index is 14.4. The lowest BCUT2D eigenvalue weighted by Gasteiger charge is -2.27. The summed E-state index contributed by atoms with van der Waals surface area (Å²) in [6.07, 6.45) is 0. The molecule has 1 unspecified atom stereocenters. The number of nitriles is 1. The summed E-state index contributed by atoms with van der Waals surface area (Å²) in [6.45, 7) is 2.92. The van der Waals surface area contributed by atoms with Crippen LogP contribution in [0.5, 0.6) is 5.75 Å². The number of esters is 1. The highest BCUT2D eigenvalue weighted by molar-refractivity contribution is 5.92. The Morgan fingerprint density at radius 1 is 1.50 bits per heavy atom. The number of ether oxygens (including phenoxy) is 2. The van der Waals surface area contributed by atoms with Gasteiger partial charge in [0.2, 0.25) is 5.88 Å². The van der Waals surface area contributed by atoms with Crippen molar-refractivity contribution in [3.05, 3.63) is 52.1 Å². The molecule has 0 aliphatic carbocycles. The van der Waals surface area contributed by atoms with Gasteiger partial charge in [-0.3, -0.25) is 0 Å². The van der Waals surface area contributed by atoms with Crippen molar-refractivity contribution < 1.29 is 28.2 Å². The molecule has 1 aliphatic heterocycles. The summed E-state index contributed by atoms with van der Waals surface area (Å²) in [4.78, 5) is 12.2. The molecule has 2 rings (SSSR count). The molecular formula is C16H14F2N2O4. The van der Waals surface area contributed by atoms with Gasteiger partial charge in [-0.2, -0.15) is 5.26 Å². The summed E-state index contributed by atoms with van der Waals surface area (Å²) in [6, 6.07) is 3.35. The molecule has 0 fully saturated rings. The molecule has 1 aliphatic rings. The second-order valence-corrected chi connectivity index (χ2v) is 4.91. The van der Waals surface area contributed by atoms with Gasteiger partial charge < -0.3 is 20.3 Å². The summed E-state index contributed by atoms with van der Waals surface area (Å²) >= 11 is 0. The van der Waals surface area contributed by atoms with Gasteiger partial charge in [-0.1, -0.05) is 0 Å². The van der Waals surface area contributed by atoms with Crippen LogP contribution in [0.3, 0.4) is 0 Å². The molecule has 24 heavy (non-hydrogen) atoms. The van der Waals surface area contributed by atoms with E-state index in [1.165, 1.54) is 6.92 Å². The number of allylic oxidation sites excluding steroid dienone is 2. The Kier molecular flexibility index (Phi) is 4.74. The fraction of sp³-hybridized carbons (Fsp3) is 0.250. The van der Waals surface area contributed by atoms with Gasteiger partial charge in [-0.05, 0) is 26.0 Å². The maximum absolute atomic E-state index is 14.4. The van der Waals surface area contributed by atoms with Crippen LogP contribution in [0.1, 0.15) is 25.3 Å². The van der Waals surface area contributed by atoms with Crippen molar-refractivity contribution in [1.82, 2.24) is 0 Å². The maximum Gasteiger partial charge on any atom is 0.338 e. The molecule has 0 radical (unpaired) electrons. The lowest BCUT2D eigenvalue weighted by molar-refractivity contribution is -0.139. The quantitative estimate of drug-likeness (QED) is 0.821. The number of nitrogens with zero attached hydrogens (tertiary/aromatic N) is 1. The Balaban J connectivity index is 2.77. The van der Waals surface area contributed by atoms with Crippen LogP contribution in [0, 0.1) is 23.0 Å². The third kappa shape index (κ3) is 2.76. The Bertz CT molecular complexity index is 809. The van der Waals surface area contributed by atoms with Crippen molar-refractivity contribution in [3.8, 4) is 11.8 Å². The van der Waals surface area contributed by atoms with Gasteiger partial charge in [0.1, 0.15) is 23.2 Å². The van der Waals surface area contributed by atoms with Crippen molar-refractivity contribution in [1.29, 1.82) is 5.26 Å². The number of phenolic OH excluding ortho intramolecular Hbond substituents is 1. The normalized spacial score (nSPS) is 17.4. The molecule has 0 aromatic heterocycles. The number of hydrogen-bond donors (Lipinski definition) is 2. The van der Waals surface area contributed by atoms with Crippen molar-refractivity contribution >= 4 is 5.97 Å². The number of carbonyl (C=O) groups excluding carboxylic acids is 1. The predicted octanol–water partition coefficient (Wildman–Crippen LogP) is 2.32. The average molecular weight is 336 g/mol. The predicted molar refractivity (Wildman–Crippen MR) is 78.0 cm³/mol.